The van der Waals surface area contributed by atoms with Gasteiger partial charge in [-0.1, -0.05) is 26.0 Å². The highest BCUT2D eigenvalue weighted by Crippen LogP contribution is 2.22. The minimum atomic E-state index is -0.467. The molecule has 0 unspecified atom stereocenters. The molecule has 1 aliphatic rings. The highest BCUT2D eigenvalue weighted by atomic mass is 32.1. The number of likely N-dealkylation sites (tertiary alicyclic amines) is 1. The number of aryl methyl sites for hydroxylation is 2. The fourth-order valence-corrected chi connectivity index (χ4v) is 5.34. The molecule has 0 N–H and O–H groups in total. The standard InChI is InChI=1S/C23H27N3O3S/c1-14-5-6-17(4)19(10-14)26-22(28)21-18(7-8-30-21)25(23(26)29)13-20(27)24-11-15(2)9-16(3)12-24/h5-8,10,15-16H,9,11-13H2,1-4H3/t15-,16+. The molecule has 3 aromatic rings. The third kappa shape index (κ3) is 3.62. The quantitative estimate of drug-likeness (QED) is 0.647. The van der Waals surface area contributed by atoms with Crippen molar-refractivity contribution in [3.05, 3.63) is 61.6 Å². The molecule has 1 aliphatic heterocycles. The normalized spacial score (nSPS) is 19.4. The zero-order valence-corrected chi connectivity index (χ0v) is 18.7. The van der Waals surface area contributed by atoms with Gasteiger partial charge in [-0.3, -0.25) is 14.2 Å². The van der Waals surface area contributed by atoms with Crippen molar-refractivity contribution < 1.29 is 4.79 Å². The van der Waals surface area contributed by atoms with Crippen LogP contribution in [0, 0.1) is 25.7 Å². The van der Waals surface area contributed by atoms with Gasteiger partial charge in [0.1, 0.15) is 11.2 Å². The maximum absolute atomic E-state index is 13.5. The van der Waals surface area contributed by atoms with Crippen LogP contribution in [0.15, 0.2) is 39.2 Å². The molecule has 2 atom stereocenters. The lowest BCUT2D eigenvalue weighted by Crippen LogP contribution is -2.46. The molecule has 7 heteroatoms. The SMILES string of the molecule is Cc1ccc(C)c(-n2c(=O)c3sccc3n(CC(=O)N3C[C@H](C)C[C@H](C)C3)c2=O)c1. The zero-order valence-electron chi connectivity index (χ0n) is 17.8. The first-order valence-electron chi connectivity index (χ1n) is 10.3. The summed E-state index contributed by atoms with van der Waals surface area (Å²) < 4.78 is 3.17. The average Bonchev–Trinajstić information content (AvgIpc) is 3.17. The summed E-state index contributed by atoms with van der Waals surface area (Å²) in [6.07, 6.45) is 1.11. The molecule has 0 bridgehead atoms. The molecule has 0 radical (unpaired) electrons. The number of thiophene rings is 1. The van der Waals surface area contributed by atoms with Crippen molar-refractivity contribution in [3.63, 3.8) is 0 Å². The Morgan fingerprint density at radius 3 is 2.50 bits per heavy atom. The molecule has 0 aliphatic carbocycles. The van der Waals surface area contributed by atoms with Gasteiger partial charge in [0.05, 0.1) is 11.2 Å². The van der Waals surface area contributed by atoms with Gasteiger partial charge in [-0.05, 0) is 60.7 Å². The predicted molar refractivity (Wildman–Crippen MR) is 121 cm³/mol. The lowest BCUT2D eigenvalue weighted by molar-refractivity contribution is -0.134. The molecule has 3 heterocycles. The number of nitrogens with zero attached hydrogens (tertiary/aromatic N) is 3. The first-order valence-corrected chi connectivity index (χ1v) is 11.2. The Kier molecular flexibility index (Phi) is 5.40. The molecular formula is C23H27N3O3S. The maximum atomic E-state index is 13.5. The summed E-state index contributed by atoms with van der Waals surface area (Å²) in [5.41, 5.74) is 2.11. The molecule has 1 fully saturated rings. The number of amides is 1. The van der Waals surface area contributed by atoms with E-state index in [9.17, 15) is 14.4 Å². The van der Waals surface area contributed by atoms with Gasteiger partial charge < -0.3 is 4.90 Å². The van der Waals surface area contributed by atoms with Crippen LogP contribution < -0.4 is 11.2 Å². The second-order valence-electron chi connectivity index (χ2n) is 8.68. The summed E-state index contributed by atoms with van der Waals surface area (Å²) in [5, 5.41) is 1.80. The Labute approximate surface area is 179 Å². The molecule has 30 heavy (non-hydrogen) atoms. The van der Waals surface area contributed by atoms with Crippen molar-refractivity contribution in [3.8, 4) is 5.69 Å². The Morgan fingerprint density at radius 1 is 1.10 bits per heavy atom. The van der Waals surface area contributed by atoms with E-state index in [1.807, 2.05) is 36.9 Å². The summed E-state index contributed by atoms with van der Waals surface area (Å²) >= 11 is 1.30. The minimum Gasteiger partial charge on any atom is -0.341 e. The highest BCUT2D eigenvalue weighted by molar-refractivity contribution is 7.17. The van der Waals surface area contributed by atoms with Crippen LogP contribution >= 0.6 is 11.3 Å². The van der Waals surface area contributed by atoms with E-state index in [0.29, 0.717) is 40.8 Å². The summed E-state index contributed by atoms with van der Waals surface area (Å²) in [5.74, 6) is 0.813. The zero-order chi connectivity index (χ0) is 21.6. The van der Waals surface area contributed by atoms with Crippen LogP contribution in [0.3, 0.4) is 0 Å². The van der Waals surface area contributed by atoms with Gasteiger partial charge in [0, 0.05) is 13.1 Å². The first-order chi connectivity index (χ1) is 14.3. The number of aromatic nitrogens is 2. The fourth-order valence-electron chi connectivity index (χ4n) is 4.51. The summed E-state index contributed by atoms with van der Waals surface area (Å²) in [7, 11) is 0. The molecule has 6 nitrogen and oxygen atoms in total. The smallest absolute Gasteiger partial charge is 0.336 e. The topological polar surface area (TPSA) is 64.3 Å². The number of hydrogen-bond donors (Lipinski definition) is 0. The van der Waals surface area contributed by atoms with E-state index in [-0.39, 0.29) is 18.0 Å². The Balaban J connectivity index is 1.84. The molecule has 0 saturated carbocycles. The second kappa shape index (κ2) is 7.87. The van der Waals surface area contributed by atoms with Gasteiger partial charge in [-0.15, -0.1) is 11.3 Å². The lowest BCUT2D eigenvalue weighted by atomic mass is 9.92. The van der Waals surface area contributed by atoms with Crippen molar-refractivity contribution in [1.82, 2.24) is 14.0 Å². The van der Waals surface area contributed by atoms with E-state index in [2.05, 4.69) is 13.8 Å². The number of carbonyl (C=O) groups is 1. The van der Waals surface area contributed by atoms with Crippen molar-refractivity contribution in [2.24, 2.45) is 11.8 Å². The van der Waals surface area contributed by atoms with Crippen LogP contribution in [-0.4, -0.2) is 33.0 Å². The monoisotopic (exact) mass is 425 g/mol. The second-order valence-corrected chi connectivity index (χ2v) is 9.60. The first kappa shape index (κ1) is 20.6. The van der Waals surface area contributed by atoms with Crippen LogP contribution in [-0.2, 0) is 11.3 Å². The number of carbonyl (C=O) groups excluding carboxylic acids is 1. The molecule has 158 valence electrons. The molecule has 1 amide bonds. The van der Waals surface area contributed by atoms with Gasteiger partial charge in [-0.2, -0.15) is 0 Å². The van der Waals surface area contributed by atoms with Crippen LogP contribution in [0.5, 0.6) is 0 Å². The molecular weight excluding hydrogens is 398 g/mol. The third-order valence-corrected chi connectivity index (χ3v) is 6.77. The Morgan fingerprint density at radius 2 is 1.80 bits per heavy atom. The van der Waals surface area contributed by atoms with Crippen molar-refractivity contribution in [2.75, 3.05) is 13.1 Å². The highest BCUT2D eigenvalue weighted by Gasteiger charge is 2.27. The Hall–Kier alpha value is -2.67. The number of fused-ring (bicyclic) bond motifs is 1. The molecule has 2 aromatic heterocycles. The number of piperidine rings is 1. The van der Waals surface area contributed by atoms with Crippen molar-refractivity contribution >= 4 is 27.5 Å². The predicted octanol–water partition coefficient (Wildman–Crippen LogP) is 3.34. The lowest BCUT2D eigenvalue weighted by Gasteiger charge is -2.35. The molecule has 1 saturated heterocycles. The molecule has 1 aromatic carbocycles. The van der Waals surface area contributed by atoms with Crippen LogP contribution in [0.2, 0.25) is 0 Å². The van der Waals surface area contributed by atoms with E-state index in [1.165, 1.54) is 20.5 Å². The van der Waals surface area contributed by atoms with Gasteiger partial charge in [-0.25, -0.2) is 9.36 Å². The third-order valence-electron chi connectivity index (χ3n) is 5.88. The van der Waals surface area contributed by atoms with E-state index < -0.39 is 5.69 Å². The largest absolute Gasteiger partial charge is 0.341 e. The Bertz CT molecular complexity index is 1230. The van der Waals surface area contributed by atoms with Gasteiger partial charge in [0.15, 0.2) is 0 Å². The van der Waals surface area contributed by atoms with Crippen molar-refractivity contribution in [1.29, 1.82) is 0 Å². The van der Waals surface area contributed by atoms with E-state index in [4.69, 9.17) is 0 Å². The van der Waals surface area contributed by atoms with Gasteiger partial charge in [0.2, 0.25) is 5.91 Å². The van der Waals surface area contributed by atoms with E-state index in [0.717, 1.165) is 17.5 Å². The van der Waals surface area contributed by atoms with Crippen LogP contribution in [0.1, 0.15) is 31.4 Å². The average molecular weight is 426 g/mol. The summed E-state index contributed by atoms with van der Waals surface area (Å²) in [4.78, 5) is 41.6. The number of rotatable bonds is 3. The number of hydrogen-bond acceptors (Lipinski definition) is 4. The van der Waals surface area contributed by atoms with Crippen molar-refractivity contribution in [2.45, 2.75) is 40.7 Å². The molecule has 4 rings (SSSR count). The van der Waals surface area contributed by atoms with Gasteiger partial charge >= 0.3 is 5.69 Å². The number of benzene rings is 1. The maximum Gasteiger partial charge on any atom is 0.336 e. The van der Waals surface area contributed by atoms with E-state index in [1.54, 1.807) is 11.4 Å². The fraction of sp³-hybridized carbons (Fsp3) is 0.435. The minimum absolute atomic E-state index is 0.0589. The summed E-state index contributed by atoms with van der Waals surface area (Å²) in [6.45, 7) is 9.47. The molecule has 0 spiro atoms. The van der Waals surface area contributed by atoms with Gasteiger partial charge in [0.25, 0.3) is 5.56 Å². The van der Waals surface area contributed by atoms with Crippen LogP contribution in [0.25, 0.3) is 15.9 Å². The summed E-state index contributed by atoms with van der Waals surface area (Å²) in [6, 6.07) is 7.46. The van der Waals surface area contributed by atoms with Crippen LogP contribution in [0.4, 0.5) is 0 Å². The van der Waals surface area contributed by atoms with E-state index >= 15 is 0 Å².